The lowest BCUT2D eigenvalue weighted by molar-refractivity contribution is 0.0934. The fourth-order valence-electron chi connectivity index (χ4n) is 2.78. The van der Waals surface area contributed by atoms with Gasteiger partial charge in [0, 0.05) is 44.6 Å². The SMILES string of the molecule is Cc1ccc([C@@H](C)NC(=O)c2cn(CCN3CCNCC3)nn2)cn1. The number of aromatic nitrogens is 4. The number of aryl methyl sites for hydroxylation is 1. The molecule has 1 aliphatic heterocycles. The van der Waals surface area contributed by atoms with Gasteiger partial charge in [0.25, 0.3) is 5.91 Å². The van der Waals surface area contributed by atoms with Crippen molar-refractivity contribution >= 4 is 5.91 Å². The molecule has 8 nitrogen and oxygen atoms in total. The van der Waals surface area contributed by atoms with Crippen LogP contribution in [-0.4, -0.2) is 63.5 Å². The standard InChI is InChI=1S/C17H25N7O/c1-13-3-4-15(11-19-13)14(2)20-17(25)16-12-24(22-21-16)10-9-23-7-5-18-6-8-23/h3-4,11-12,14,18H,5-10H2,1-2H3,(H,20,25)/t14-/m1/s1. The summed E-state index contributed by atoms with van der Waals surface area (Å²) < 4.78 is 1.73. The maximum absolute atomic E-state index is 12.3. The first-order chi connectivity index (χ1) is 12.1. The van der Waals surface area contributed by atoms with E-state index in [1.54, 1.807) is 17.1 Å². The predicted octanol–water partition coefficient (Wildman–Crippen LogP) is 0.378. The molecule has 1 atom stereocenters. The number of hydrogen-bond acceptors (Lipinski definition) is 6. The van der Waals surface area contributed by atoms with E-state index in [-0.39, 0.29) is 11.9 Å². The van der Waals surface area contributed by atoms with E-state index in [1.807, 2.05) is 26.0 Å². The number of rotatable bonds is 6. The molecule has 1 fully saturated rings. The van der Waals surface area contributed by atoms with Gasteiger partial charge in [0.2, 0.25) is 0 Å². The number of nitrogens with one attached hydrogen (secondary N) is 2. The van der Waals surface area contributed by atoms with Crippen LogP contribution in [0.2, 0.25) is 0 Å². The third kappa shape index (κ3) is 4.83. The second-order valence-corrected chi connectivity index (χ2v) is 6.39. The molecule has 2 N–H and O–H groups in total. The Labute approximate surface area is 147 Å². The van der Waals surface area contributed by atoms with Gasteiger partial charge in [0.1, 0.15) is 0 Å². The van der Waals surface area contributed by atoms with Crippen LogP contribution in [0.25, 0.3) is 0 Å². The summed E-state index contributed by atoms with van der Waals surface area (Å²) in [5, 5.41) is 14.3. The maximum atomic E-state index is 12.3. The lowest BCUT2D eigenvalue weighted by Gasteiger charge is -2.26. The second-order valence-electron chi connectivity index (χ2n) is 6.39. The first kappa shape index (κ1) is 17.5. The highest BCUT2D eigenvalue weighted by atomic mass is 16.2. The van der Waals surface area contributed by atoms with Crippen molar-refractivity contribution in [3.05, 3.63) is 41.5 Å². The lowest BCUT2D eigenvalue weighted by Crippen LogP contribution is -2.44. The van der Waals surface area contributed by atoms with Crippen molar-refractivity contribution in [1.82, 2.24) is 35.5 Å². The summed E-state index contributed by atoms with van der Waals surface area (Å²) in [6, 6.07) is 3.77. The quantitative estimate of drug-likeness (QED) is 0.788. The minimum atomic E-state index is -0.221. The Morgan fingerprint density at radius 2 is 2.12 bits per heavy atom. The Hall–Kier alpha value is -2.32. The third-order valence-corrected chi connectivity index (χ3v) is 4.41. The second kappa shape index (κ2) is 8.17. The van der Waals surface area contributed by atoms with Crippen molar-refractivity contribution in [1.29, 1.82) is 0 Å². The van der Waals surface area contributed by atoms with E-state index in [0.717, 1.165) is 50.5 Å². The zero-order valence-electron chi connectivity index (χ0n) is 14.8. The van der Waals surface area contributed by atoms with E-state index in [2.05, 4.69) is 30.8 Å². The molecule has 1 aliphatic rings. The lowest BCUT2D eigenvalue weighted by atomic mass is 10.1. The third-order valence-electron chi connectivity index (χ3n) is 4.41. The number of pyridine rings is 1. The van der Waals surface area contributed by atoms with Gasteiger partial charge in [0.05, 0.1) is 18.8 Å². The van der Waals surface area contributed by atoms with Gasteiger partial charge in [-0.2, -0.15) is 0 Å². The predicted molar refractivity (Wildman–Crippen MR) is 94.2 cm³/mol. The van der Waals surface area contributed by atoms with Gasteiger partial charge >= 0.3 is 0 Å². The molecule has 0 radical (unpaired) electrons. The van der Waals surface area contributed by atoms with Crippen molar-refractivity contribution in [3.8, 4) is 0 Å². The van der Waals surface area contributed by atoms with Crippen molar-refractivity contribution in [2.45, 2.75) is 26.4 Å². The minimum Gasteiger partial charge on any atom is -0.344 e. The summed E-state index contributed by atoms with van der Waals surface area (Å²) >= 11 is 0. The van der Waals surface area contributed by atoms with Crippen molar-refractivity contribution < 1.29 is 4.79 Å². The van der Waals surface area contributed by atoms with E-state index in [1.165, 1.54) is 0 Å². The summed E-state index contributed by atoms with van der Waals surface area (Å²) in [5.41, 5.74) is 2.26. The summed E-state index contributed by atoms with van der Waals surface area (Å²) in [5.74, 6) is -0.221. The molecule has 3 heterocycles. The van der Waals surface area contributed by atoms with Gasteiger partial charge in [-0.1, -0.05) is 11.3 Å². The van der Waals surface area contributed by atoms with Crippen LogP contribution >= 0.6 is 0 Å². The molecular formula is C17H25N7O. The van der Waals surface area contributed by atoms with E-state index in [0.29, 0.717) is 5.69 Å². The first-order valence-electron chi connectivity index (χ1n) is 8.68. The Kier molecular flexibility index (Phi) is 5.72. The van der Waals surface area contributed by atoms with Crippen LogP contribution in [0, 0.1) is 6.92 Å². The number of carbonyl (C=O) groups is 1. The zero-order chi connectivity index (χ0) is 17.6. The molecule has 3 rings (SSSR count). The molecule has 1 saturated heterocycles. The van der Waals surface area contributed by atoms with Crippen molar-refractivity contribution in [2.24, 2.45) is 0 Å². The Balaban J connectivity index is 1.52. The number of piperazine rings is 1. The Morgan fingerprint density at radius 1 is 1.32 bits per heavy atom. The molecule has 25 heavy (non-hydrogen) atoms. The molecule has 0 bridgehead atoms. The van der Waals surface area contributed by atoms with Crippen LogP contribution in [0.4, 0.5) is 0 Å². The fourth-order valence-corrected chi connectivity index (χ4v) is 2.78. The van der Waals surface area contributed by atoms with Crippen LogP contribution < -0.4 is 10.6 Å². The topological polar surface area (TPSA) is 88.0 Å². The van der Waals surface area contributed by atoms with E-state index < -0.39 is 0 Å². The highest BCUT2D eigenvalue weighted by Gasteiger charge is 2.16. The molecule has 0 aliphatic carbocycles. The summed E-state index contributed by atoms with van der Waals surface area (Å²) in [6.07, 6.45) is 3.49. The molecule has 0 unspecified atom stereocenters. The van der Waals surface area contributed by atoms with Crippen LogP contribution in [0.15, 0.2) is 24.5 Å². The Bertz CT molecular complexity index is 691. The van der Waals surface area contributed by atoms with Gasteiger partial charge in [0.15, 0.2) is 5.69 Å². The van der Waals surface area contributed by atoms with Gasteiger partial charge in [-0.3, -0.25) is 19.4 Å². The van der Waals surface area contributed by atoms with E-state index in [9.17, 15) is 4.79 Å². The average molecular weight is 343 g/mol. The molecule has 0 spiro atoms. The minimum absolute atomic E-state index is 0.133. The van der Waals surface area contributed by atoms with Crippen molar-refractivity contribution in [3.63, 3.8) is 0 Å². The van der Waals surface area contributed by atoms with Crippen LogP contribution in [-0.2, 0) is 6.54 Å². The van der Waals surface area contributed by atoms with Crippen LogP contribution in [0.1, 0.15) is 34.7 Å². The average Bonchev–Trinajstić information content (AvgIpc) is 3.10. The molecular weight excluding hydrogens is 318 g/mol. The highest BCUT2D eigenvalue weighted by molar-refractivity contribution is 5.92. The van der Waals surface area contributed by atoms with Gasteiger partial charge < -0.3 is 10.6 Å². The molecule has 0 aromatic carbocycles. The van der Waals surface area contributed by atoms with E-state index in [4.69, 9.17) is 0 Å². The van der Waals surface area contributed by atoms with Gasteiger partial charge in [-0.15, -0.1) is 5.10 Å². The first-order valence-corrected chi connectivity index (χ1v) is 8.68. The normalized spacial score (nSPS) is 16.6. The maximum Gasteiger partial charge on any atom is 0.273 e. The molecule has 2 aromatic rings. The molecule has 2 aromatic heterocycles. The highest BCUT2D eigenvalue weighted by Crippen LogP contribution is 2.11. The summed E-state index contributed by atoms with van der Waals surface area (Å²) in [4.78, 5) is 19.0. The zero-order valence-corrected chi connectivity index (χ0v) is 14.8. The van der Waals surface area contributed by atoms with Crippen molar-refractivity contribution in [2.75, 3.05) is 32.7 Å². The van der Waals surface area contributed by atoms with Gasteiger partial charge in [-0.25, -0.2) is 0 Å². The molecule has 1 amide bonds. The molecule has 134 valence electrons. The van der Waals surface area contributed by atoms with E-state index >= 15 is 0 Å². The summed E-state index contributed by atoms with van der Waals surface area (Å²) in [7, 11) is 0. The van der Waals surface area contributed by atoms with Crippen LogP contribution in [0.3, 0.4) is 0 Å². The summed E-state index contributed by atoms with van der Waals surface area (Å²) in [6.45, 7) is 9.65. The number of carbonyl (C=O) groups excluding carboxylic acids is 1. The number of amides is 1. The number of hydrogen-bond donors (Lipinski definition) is 2. The van der Waals surface area contributed by atoms with Crippen LogP contribution in [0.5, 0.6) is 0 Å². The molecule has 8 heteroatoms. The smallest absolute Gasteiger partial charge is 0.273 e. The largest absolute Gasteiger partial charge is 0.344 e. The van der Waals surface area contributed by atoms with Gasteiger partial charge in [-0.05, 0) is 25.5 Å². The fraction of sp³-hybridized carbons (Fsp3) is 0.529. The monoisotopic (exact) mass is 343 g/mol. The number of nitrogens with zero attached hydrogens (tertiary/aromatic N) is 5. The Morgan fingerprint density at radius 3 is 2.84 bits per heavy atom. The molecule has 0 saturated carbocycles.